The normalized spacial score (nSPS) is 11.2. The fourth-order valence-corrected chi connectivity index (χ4v) is 3.63. The minimum absolute atomic E-state index is 0. The molecule has 2 heterocycles. The highest BCUT2D eigenvalue weighted by atomic mass is 127. The molecule has 6 nitrogen and oxygen atoms in total. The largest absolute Gasteiger partial charge is 0.444 e. The SMILES string of the molecule is CCNC(=NCc1sc(C)nc1C)NCCc1coc(-c2ccc(C)cc2)n1.I. The van der Waals surface area contributed by atoms with Gasteiger partial charge in [0.25, 0.3) is 0 Å². The molecular formula is C21H28IN5OS. The van der Waals surface area contributed by atoms with Crippen molar-refractivity contribution in [3.63, 3.8) is 0 Å². The highest BCUT2D eigenvalue weighted by molar-refractivity contribution is 14.0. The maximum atomic E-state index is 5.63. The molecule has 0 fully saturated rings. The quantitative estimate of drug-likeness (QED) is 0.267. The summed E-state index contributed by atoms with van der Waals surface area (Å²) in [6, 6.07) is 8.18. The van der Waals surface area contributed by atoms with Gasteiger partial charge < -0.3 is 15.1 Å². The number of guanidine groups is 1. The first kappa shape index (κ1) is 23.3. The Bertz CT molecular complexity index is 933. The van der Waals surface area contributed by atoms with E-state index < -0.39 is 0 Å². The van der Waals surface area contributed by atoms with Crippen molar-refractivity contribution in [3.8, 4) is 11.5 Å². The number of aromatic nitrogens is 2. The highest BCUT2D eigenvalue weighted by Crippen LogP contribution is 2.19. The smallest absolute Gasteiger partial charge is 0.226 e. The Morgan fingerprint density at radius 3 is 2.52 bits per heavy atom. The van der Waals surface area contributed by atoms with Crippen LogP contribution in [-0.4, -0.2) is 29.0 Å². The predicted octanol–water partition coefficient (Wildman–Crippen LogP) is 4.64. The van der Waals surface area contributed by atoms with E-state index in [1.165, 1.54) is 10.4 Å². The summed E-state index contributed by atoms with van der Waals surface area (Å²) in [7, 11) is 0. The summed E-state index contributed by atoms with van der Waals surface area (Å²) in [5, 5.41) is 7.72. The molecule has 3 rings (SSSR count). The number of nitrogens with one attached hydrogen (secondary N) is 2. The number of hydrogen-bond acceptors (Lipinski definition) is 5. The number of halogens is 1. The van der Waals surface area contributed by atoms with Crippen LogP contribution in [0.2, 0.25) is 0 Å². The average Bonchev–Trinajstić information content (AvgIpc) is 3.26. The van der Waals surface area contributed by atoms with Crippen molar-refractivity contribution in [2.75, 3.05) is 13.1 Å². The van der Waals surface area contributed by atoms with E-state index in [-0.39, 0.29) is 24.0 Å². The summed E-state index contributed by atoms with van der Waals surface area (Å²) in [6.07, 6.45) is 2.49. The maximum absolute atomic E-state index is 5.63. The van der Waals surface area contributed by atoms with Crippen molar-refractivity contribution >= 4 is 41.3 Å². The first-order chi connectivity index (χ1) is 13.5. The predicted molar refractivity (Wildman–Crippen MR) is 130 cm³/mol. The molecule has 2 N–H and O–H groups in total. The molecule has 0 atom stereocenters. The van der Waals surface area contributed by atoms with Gasteiger partial charge in [-0.1, -0.05) is 17.7 Å². The number of hydrogen-bond donors (Lipinski definition) is 2. The summed E-state index contributed by atoms with van der Waals surface area (Å²) in [4.78, 5) is 14.9. The number of thiazole rings is 1. The van der Waals surface area contributed by atoms with Crippen LogP contribution >= 0.6 is 35.3 Å². The first-order valence-electron chi connectivity index (χ1n) is 9.51. The van der Waals surface area contributed by atoms with Crippen LogP contribution in [0.5, 0.6) is 0 Å². The van der Waals surface area contributed by atoms with Crippen LogP contribution < -0.4 is 10.6 Å². The van der Waals surface area contributed by atoms with Crippen molar-refractivity contribution in [3.05, 3.63) is 57.4 Å². The zero-order valence-corrected chi connectivity index (χ0v) is 20.4. The van der Waals surface area contributed by atoms with E-state index in [0.29, 0.717) is 12.4 Å². The minimum Gasteiger partial charge on any atom is -0.444 e. The lowest BCUT2D eigenvalue weighted by Gasteiger charge is -2.10. The van der Waals surface area contributed by atoms with E-state index in [1.807, 2.05) is 26.0 Å². The Morgan fingerprint density at radius 1 is 1.10 bits per heavy atom. The third-order valence-electron chi connectivity index (χ3n) is 4.25. The number of benzene rings is 1. The molecule has 0 aliphatic heterocycles. The lowest BCUT2D eigenvalue weighted by atomic mass is 10.1. The number of oxazole rings is 1. The molecule has 0 amide bonds. The fourth-order valence-electron chi connectivity index (χ4n) is 2.77. The van der Waals surface area contributed by atoms with Crippen LogP contribution in [0.25, 0.3) is 11.5 Å². The van der Waals surface area contributed by atoms with E-state index in [0.717, 1.165) is 47.4 Å². The Kier molecular flexibility index (Phi) is 9.09. The highest BCUT2D eigenvalue weighted by Gasteiger charge is 2.08. The molecule has 0 unspecified atom stereocenters. The van der Waals surface area contributed by atoms with Crippen LogP contribution in [0, 0.1) is 20.8 Å². The van der Waals surface area contributed by atoms with Gasteiger partial charge in [0.05, 0.1) is 22.9 Å². The van der Waals surface area contributed by atoms with Gasteiger partial charge in [0.1, 0.15) is 6.26 Å². The van der Waals surface area contributed by atoms with Crippen LogP contribution in [0.3, 0.4) is 0 Å². The van der Waals surface area contributed by atoms with Gasteiger partial charge in [0, 0.05) is 30.0 Å². The maximum Gasteiger partial charge on any atom is 0.226 e. The molecular weight excluding hydrogens is 497 g/mol. The van der Waals surface area contributed by atoms with Gasteiger partial charge in [-0.3, -0.25) is 0 Å². The molecule has 156 valence electrons. The fraction of sp³-hybridized carbons (Fsp3) is 0.381. The van der Waals surface area contributed by atoms with E-state index in [1.54, 1.807) is 17.6 Å². The molecule has 2 aromatic heterocycles. The number of aliphatic imine (C=N–C) groups is 1. The van der Waals surface area contributed by atoms with Crippen molar-refractivity contribution < 1.29 is 4.42 Å². The first-order valence-corrected chi connectivity index (χ1v) is 10.3. The summed E-state index contributed by atoms with van der Waals surface area (Å²) in [5.41, 5.74) is 4.20. The standard InChI is InChI=1S/C21H27N5OS.HI/c1-5-22-21(24-12-19-15(3)25-16(4)28-19)23-11-10-18-13-27-20(26-18)17-8-6-14(2)7-9-17;/h6-9,13H,5,10-12H2,1-4H3,(H2,22,23,24);1H. The Morgan fingerprint density at radius 2 is 1.86 bits per heavy atom. The van der Waals surface area contributed by atoms with E-state index >= 15 is 0 Å². The molecule has 0 radical (unpaired) electrons. The molecule has 0 saturated carbocycles. The number of aryl methyl sites for hydroxylation is 3. The summed E-state index contributed by atoms with van der Waals surface area (Å²) >= 11 is 1.70. The van der Waals surface area contributed by atoms with Crippen molar-refractivity contribution in [2.24, 2.45) is 4.99 Å². The van der Waals surface area contributed by atoms with Gasteiger partial charge in [0.2, 0.25) is 5.89 Å². The van der Waals surface area contributed by atoms with Gasteiger partial charge in [0.15, 0.2) is 5.96 Å². The molecule has 0 saturated heterocycles. The second-order valence-corrected chi connectivity index (χ2v) is 7.91. The average molecular weight is 525 g/mol. The Hall–Kier alpha value is -1.94. The summed E-state index contributed by atoms with van der Waals surface area (Å²) < 4.78 is 5.63. The van der Waals surface area contributed by atoms with Crippen molar-refractivity contribution in [1.29, 1.82) is 0 Å². The molecule has 29 heavy (non-hydrogen) atoms. The molecule has 0 aliphatic carbocycles. The molecule has 1 aromatic carbocycles. The third kappa shape index (κ3) is 6.81. The van der Waals surface area contributed by atoms with E-state index in [9.17, 15) is 0 Å². The van der Waals surface area contributed by atoms with Gasteiger partial charge in [-0.25, -0.2) is 15.0 Å². The monoisotopic (exact) mass is 525 g/mol. The van der Waals surface area contributed by atoms with Crippen molar-refractivity contribution in [2.45, 2.75) is 40.7 Å². The topological polar surface area (TPSA) is 75.3 Å². The van der Waals surface area contributed by atoms with Gasteiger partial charge >= 0.3 is 0 Å². The van der Waals surface area contributed by atoms with E-state index in [4.69, 9.17) is 4.42 Å². The van der Waals surface area contributed by atoms with Crippen molar-refractivity contribution in [1.82, 2.24) is 20.6 Å². The summed E-state index contributed by atoms with van der Waals surface area (Å²) in [5.74, 6) is 1.46. The Balaban J connectivity index is 0.00000300. The summed E-state index contributed by atoms with van der Waals surface area (Å²) in [6.45, 7) is 10.4. The third-order valence-corrected chi connectivity index (χ3v) is 5.31. The number of rotatable bonds is 7. The van der Waals surface area contributed by atoms with Crippen LogP contribution in [0.4, 0.5) is 0 Å². The lowest BCUT2D eigenvalue weighted by molar-refractivity contribution is 0.572. The molecule has 0 aliphatic rings. The van der Waals surface area contributed by atoms with Crippen LogP contribution in [0.1, 0.15) is 33.8 Å². The zero-order chi connectivity index (χ0) is 19.9. The molecule has 0 spiro atoms. The second kappa shape index (κ2) is 11.3. The molecule has 8 heteroatoms. The second-order valence-electron chi connectivity index (χ2n) is 6.62. The van der Waals surface area contributed by atoms with Crippen LogP contribution in [0.15, 0.2) is 39.9 Å². The van der Waals surface area contributed by atoms with Gasteiger partial charge in [-0.15, -0.1) is 35.3 Å². The van der Waals surface area contributed by atoms with Gasteiger partial charge in [-0.2, -0.15) is 0 Å². The van der Waals surface area contributed by atoms with Gasteiger partial charge in [-0.05, 0) is 39.8 Å². The zero-order valence-electron chi connectivity index (χ0n) is 17.3. The number of nitrogens with zero attached hydrogens (tertiary/aromatic N) is 3. The van der Waals surface area contributed by atoms with Crippen LogP contribution in [-0.2, 0) is 13.0 Å². The van der Waals surface area contributed by atoms with E-state index in [2.05, 4.69) is 51.6 Å². The lowest BCUT2D eigenvalue weighted by Crippen LogP contribution is -2.38. The molecule has 3 aromatic rings. The Labute approximate surface area is 193 Å². The molecule has 0 bridgehead atoms. The minimum atomic E-state index is 0.